The number of hydrazone groups is 1. The van der Waals surface area contributed by atoms with Gasteiger partial charge in [-0.3, -0.25) is 15.1 Å². The standard InChI is InChI=1S/C21H22N4OS/c1-5-27-21-23-20(26)18-15-8-6-7-9-16(15)22-19(25(18)24-21)17-13(3)10-12(2)11-14(17)4/h6-11,19H,5H2,1-4H3,(H,23,24,26). The summed E-state index contributed by atoms with van der Waals surface area (Å²) in [4.78, 5) is 17.9. The lowest BCUT2D eigenvalue weighted by Gasteiger charge is -2.35. The van der Waals surface area contributed by atoms with Gasteiger partial charge >= 0.3 is 0 Å². The Labute approximate surface area is 162 Å². The van der Waals surface area contributed by atoms with E-state index in [1.54, 1.807) is 5.01 Å². The molecule has 0 saturated carbocycles. The number of amidine groups is 1. The number of benzene rings is 2. The number of fused-ring (bicyclic) bond motifs is 2. The maximum absolute atomic E-state index is 13.0. The summed E-state index contributed by atoms with van der Waals surface area (Å²) < 4.78 is 0. The molecule has 2 aliphatic heterocycles. The van der Waals surface area contributed by atoms with Gasteiger partial charge in [-0.25, -0.2) is 5.01 Å². The zero-order valence-electron chi connectivity index (χ0n) is 15.9. The molecule has 138 valence electrons. The number of amides is 1. The van der Waals surface area contributed by atoms with Crippen molar-refractivity contribution in [3.8, 4) is 0 Å². The average molecular weight is 379 g/mol. The molecule has 0 fully saturated rings. The van der Waals surface area contributed by atoms with Gasteiger partial charge in [-0.2, -0.15) is 0 Å². The molecule has 2 aromatic carbocycles. The molecule has 0 saturated heterocycles. The van der Waals surface area contributed by atoms with Gasteiger partial charge in [-0.15, -0.1) is 5.10 Å². The second kappa shape index (κ2) is 6.85. The molecular formula is C21H22N4OS. The molecule has 2 aliphatic rings. The largest absolute Gasteiger partial charge is 0.298 e. The fourth-order valence-electron chi connectivity index (χ4n) is 3.82. The molecule has 1 unspecified atom stereocenters. The van der Waals surface area contributed by atoms with Gasteiger partial charge in [0.15, 0.2) is 11.3 Å². The molecule has 0 spiro atoms. The first-order valence-electron chi connectivity index (χ1n) is 9.06. The van der Waals surface area contributed by atoms with Crippen LogP contribution in [0, 0.1) is 20.8 Å². The Balaban J connectivity index is 2.00. The van der Waals surface area contributed by atoms with E-state index < -0.39 is 0 Å². The van der Waals surface area contributed by atoms with Crippen LogP contribution in [-0.4, -0.2) is 21.8 Å². The lowest BCUT2D eigenvalue weighted by molar-refractivity contribution is -0.116. The highest BCUT2D eigenvalue weighted by Gasteiger charge is 2.35. The minimum Gasteiger partial charge on any atom is -0.298 e. The van der Waals surface area contributed by atoms with Gasteiger partial charge in [0.25, 0.3) is 5.91 Å². The van der Waals surface area contributed by atoms with Crippen LogP contribution in [0.15, 0.2) is 46.5 Å². The SMILES string of the molecule is CCSC1=NN2C(=c3ccccc3=NC2c2c(C)cc(C)cc2C)C(=O)N1. The molecule has 5 nitrogen and oxygen atoms in total. The van der Waals surface area contributed by atoms with Gasteiger partial charge in [0.1, 0.15) is 5.70 Å². The number of carbonyl (C=O) groups excluding carboxylic acids is 1. The van der Waals surface area contributed by atoms with E-state index in [4.69, 9.17) is 10.1 Å². The van der Waals surface area contributed by atoms with Crippen LogP contribution in [0.4, 0.5) is 0 Å². The van der Waals surface area contributed by atoms with E-state index in [1.807, 2.05) is 31.2 Å². The van der Waals surface area contributed by atoms with E-state index in [9.17, 15) is 4.79 Å². The third kappa shape index (κ3) is 3.04. The lowest BCUT2D eigenvalue weighted by atomic mass is 9.96. The Kier molecular flexibility index (Phi) is 4.52. The molecule has 2 aromatic rings. The van der Waals surface area contributed by atoms with Crippen molar-refractivity contribution in [3.63, 3.8) is 0 Å². The fraction of sp³-hybridized carbons (Fsp3) is 0.286. The van der Waals surface area contributed by atoms with Gasteiger partial charge in [0.05, 0.1) is 5.36 Å². The Bertz CT molecular complexity index is 1070. The summed E-state index contributed by atoms with van der Waals surface area (Å²) in [6.07, 6.45) is -0.353. The van der Waals surface area contributed by atoms with Crippen molar-refractivity contribution in [1.29, 1.82) is 0 Å². The van der Waals surface area contributed by atoms with Gasteiger partial charge in [-0.05, 0) is 43.7 Å². The normalized spacial score (nSPS) is 18.3. The topological polar surface area (TPSA) is 57.1 Å². The predicted molar refractivity (Wildman–Crippen MR) is 110 cm³/mol. The maximum atomic E-state index is 13.0. The van der Waals surface area contributed by atoms with E-state index >= 15 is 0 Å². The van der Waals surface area contributed by atoms with Crippen molar-refractivity contribution in [3.05, 3.63) is 69.2 Å². The van der Waals surface area contributed by atoms with Crippen molar-refractivity contribution >= 4 is 28.5 Å². The summed E-state index contributed by atoms with van der Waals surface area (Å²) >= 11 is 1.52. The molecule has 0 bridgehead atoms. The van der Waals surface area contributed by atoms with Crippen LogP contribution in [0.3, 0.4) is 0 Å². The lowest BCUT2D eigenvalue weighted by Crippen LogP contribution is -2.50. The first-order valence-corrected chi connectivity index (χ1v) is 10.0. The summed E-state index contributed by atoms with van der Waals surface area (Å²) in [5, 5.41) is 11.7. The highest BCUT2D eigenvalue weighted by Crippen LogP contribution is 2.34. The van der Waals surface area contributed by atoms with Gasteiger partial charge < -0.3 is 0 Å². The summed E-state index contributed by atoms with van der Waals surface area (Å²) in [6.45, 7) is 8.33. The van der Waals surface area contributed by atoms with E-state index in [0.29, 0.717) is 10.9 Å². The number of hydrogen-bond acceptors (Lipinski definition) is 5. The monoisotopic (exact) mass is 378 g/mol. The molecule has 1 atom stereocenters. The molecule has 6 heteroatoms. The van der Waals surface area contributed by atoms with Crippen LogP contribution in [0.5, 0.6) is 0 Å². The third-order valence-corrected chi connectivity index (χ3v) is 5.54. The van der Waals surface area contributed by atoms with Crippen molar-refractivity contribution in [2.24, 2.45) is 10.1 Å². The van der Waals surface area contributed by atoms with E-state index in [2.05, 4.69) is 38.2 Å². The van der Waals surface area contributed by atoms with Crippen molar-refractivity contribution in [2.45, 2.75) is 33.9 Å². The highest BCUT2D eigenvalue weighted by atomic mass is 32.2. The number of nitrogens with zero attached hydrogens (tertiary/aromatic N) is 3. The highest BCUT2D eigenvalue weighted by molar-refractivity contribution is 8.13. The molecule has 0 radical (unpaired) electrons. The van der Waals surface area contributed by atoms with Gasteiger partial charge in [0.2, 0.25) is 0 Å². The second-order valence-corrected chi connectivity index (χ2v) is 8.07. The van der Waals surface area contributed by atoms with E-state index in [-0.39, 0.29) is 12.1 Å². The van der Waals surface area contributed by atoms with Crippen LogP contribution in [0.1, 0.15) is 35.3 Å². The number of hydrogen-bond donors (Lipinski definition) is 1. The van der Waals surface area contributed by atoms with E-state index in [0.717, 1.165) is 33.0 Å². The zero-order chi connectivity index (χ0) is 19.1. The van der Waals surface area contributed by atoms with Crippen LogP contribution in [0.25, 0.3) is 5.70 Å². The predicted octanol–water partition coefficient (Wildman–Crippen LogP) is 2.51. The Morgan fingerprint density at radius 1 is 1.15 bits per heavy atom. The Morgan fingerprint density at radius 2 is 1.85 bits per heavy atom. The minimum absolute atomic E-state index is 0.129. The minimum atomic E-state index is -0.353. The number of thioether (sulfide) groups is 1. The van der Waals surface area contributed by atoms with Crippen LogP contribution in [0.2, 0.25) is 0 Å². The summed E-state index contributed by atoms with van der Waals surface area (Å²) in [5.74, 6) is 0.708. The quantitative estimate of drug-likeness (QED) is 0.874. The second-order valence-electron chi connectivity index (χ2n) is 6.82. The summed E-state index contributed by atoms with van der Waals surface area (Å²) in [7, 11) is 0. The van der Waals surface area contributed by atoms with Crippen LogP contribution < -0.4 is 15.9 Å². The summed E-state index contributed by atoms with van der Waals surface area (Å²) in [6, 6.07) is 12.1. The molecule has 27 heavy (non-hydrogen) atoms. The Morgan fingerprint density at radius 3 is 2.56 bits per heavy atom. The fourth-order valence-corrected chi connectivity index (χ4v) is 4.40. The van der Waals surface area contributed by atoms with Crippen molar-refractivity contribution < 1.29 is 4.79 Å². The average Bonchev–Trinajstić information content (AvgIpc) is 2.61. The molecule has 1 N–H and O–H groups in total. The zero-order valence-corrected chi connectivity index (χ0v) is 16.7. The molecule has 0 aromatic heterocycles. The van der Waals surface area contributed by atoms with Crippen LogP contribution in [-0.2, 0) is 4.79 Å². The third-order valence-electron chi connectivity index (χ3n) is 4.79. The smallest absolute Gasteiger partial charge is 0.276 e. The van der Waals surface area contributed by atoms with Crippen molar-refractivity contribution in [2.75, 3.05) is 5.75 Å². The number of nitrogens with one attached hydrogen (secondary N) is 1. The molecular weight excluding hydrogens is 356 g/mol. The first-order chi connectivity index (χ1) is 13.0. The van der Waals surface area contributed by atoms with Gasteiger partial charge in [0, 0.05) is 10.8 Å². The number of carbonyl (C=O) groups is 1. The molecule has 4 rings (SSSR count). The summed E-state index contributed by atoms with van der Waals surface area (Å²) in [5.41, 5.74) is 5.20. The molecule has 0 aliphatic carbocycles. The molecule has 2 heterocycles. The maximum Gasteiger partial charge on any atom is 0.276 e. The van der Waals surface area contributed by atoms with Crippen molar-refractivity contribution in [1.82, 2.24) is 10.3 Å². The first kappa shape index (κ1) is 17.8. The molecule has 1 amide bonds. The number of rotatable bonds is 2. The Hall–Kier alpha value is -2.60. The van der Waals surface area contributed by atoms with Gasteiger partial charge in [-0.1, -0.05) is 54.6 Å². The number of aryl methyl sites for hydroxylation is 3. The van der Waals surface area contributed by atoms with Crippen LogP contribution >= 0.6 is 11.8 Å². The number of para-hydroxylation sites is 1. The van der Waals surface area contributed by atoms with E-state index in [1.165, 1.54) is 17.3 Å².